The fourth-order valence-electron chi connectivity index (χ4n) is 2.22. The van der Waals surface area contributed by atoms with Crippen molar-refractivity contribution in [2.75, 3.05) is 13.6 Å². The van der Waals surface area contributed by atoms with Crippen LogP contribution >= 0.6 is 11.6 Å². The van der Waals surface area contributed by atoms with E-state index in [1.54, 1.807) is 0 Å². The van der Waals surface area contributed by atoms with Gasteiger partial charge in [-0.15, -0.1) is 0 Å². The summed E-state index contributed by atoms with van der Waals surface area (Å²) in [4.78, 5) is 0. The maximum Gasteiger partial charge on any atom is 0.105 e. The van der Waals surface area contributed by atoms with E-state index in [1.165, 1.54) is 11.1 Å². The van der Waals surface area contributed by atoms with Crippen molar-refractivity contribution in [3.63, 3.8) is 0 Å². The third kappa shape index (κ3) is 2.42. The van der Waals surface area contributed by atoms with Gasteiger partial charge in [-0.3, -0.25) is 0 Å². The molecule has 2 rings (SSSR count). The van der Waals surface area contributed by atoms with Gasteiger partial charge in [-0.2, -0.15) is 0 Å². The first-order chi connectivity index (χ1) is 7.09. The Hall–Kier alpha value is -0.790. The van der Waals surface area contributed by atoms with Crippen LogP contribution in [0.1, 0.15) is 18.1 Å². The van der Waals surface area contributed by atoms with Crippen molar-refractivity contribution in [3.8, 4) is 0 Å². The summed E-state index contributed by atoms with van der Waals surface area (Å²) in [6.07, 6.45) is 2.12. The first kappa shape index (κ1) is 10.7. The van der Waals surface area contributed by atoms with Gasteiger partial charge in [-0.25, -0.2) is 0 Å². The number of allylic oxidation sites excluding steroid dienone is 1. The predicted molar refractivity (Wildman–Crippen MR) is 64.5 cm³/mol. The Bertz CT molecular complexity index is 366. The molecule has 0 bridgehead atoms. The fourth-order valence-corrected chi connectivity index (χ4v) is 2.29. The Balaban J connectivity index is 2.14. The van der Waals surface area contributed by atoms with E-state index in [4.69, 9.17) is 11.6 Å². The molecule has 0 saturated heterocycles. The van der Waals surface area contributed by atoms with E-state index in [0.717, 1.165) is 29.1 Å². The van der Waals surface area contributed by atoms with Crippen molar-refractivity contribution >= 4 is 11.6 Å². The molecule has 0 amide bonds. The van der Waals surface area contributed by atoms with Gasteiger partial charge in [0.05, 0.1) is 13.6 Å². The molecular formula is C13H17ClN+. The van der Waals surface area contributed by atoms with Gasteiger partial charge in [0.1, 0.15) is 13.1 Å². The molecule has 0 N–H and O–H groups in total. The standard InChI is InChI=1S/C13H17ClN/c1-11(14)7-8-15(2)9-12-5-3-4-6-13(12)10-15/h3-7H,8-10H2,1-2H3/q+1/b11-7+. The van der Waals surface area contributed by atoms with Crippen LogP contribution in [0.25, 0.3) is 0 Å². The Morgan fingerprint density at radius 1 is 1.33 bits per heavy atom. The molecule has 1 nitrogen and oxygen atoms in total. The third-order valence-corrected chi connectivity index (χ3v) is 3.19. The number of quaternary nitrogens is 1. The summed E-state index contributed by atoms with van der Waals surface area (Å²) < 4.78 is 1.05. The van der Waals surface area contributed by atoms with E-state index in [1.807, 2.05) is 6.92 Å². The second kappa shape index (κ2) is 3.99. The summed E-state index contributed by atoms with van der Waals surface area (Å²) >= 11 is 5.88. The van der Waals surface area contributed by atoms with Gasteiger partial charge in [0.2, 0.25) is 0 Å². The van der Waals surface area contributed by atoms with Crippen molar-refractivity contribution in [2.45, 2.75) is 20.0 Å². The zero-order valence-electron chi connectivity index (χ0n) is 9.33. The van der Waals surface area contributed by atoms with Gasteiger partial charge in [0.15, 0.2) is 0 Å². The summed E-state index contributed by atoms with van der Waals surface area (Å²) in [5, 5.41) is 0.894. The largest absolute Gasteiger partial charge is 0.315 e. The highest BCUT2D eigenvalue weighted by Crippen LogP contribution is 2.28. The van der Waals surface area contributed by atoms with Crippen LogP contribution in [-0.4, -0.2) is 18.1 Å². The minimum absolute atomic E-state index is 0.894. The molecule has 2 heteroatoms. The Labute approximate surface area is 96.6 Å². The molecule has 0 aliphatic carbocycles. The molecule has 80 valence electrons. The van der Waals surface area contributed by atoms with Gasteiger partial charge in [-0.05, 0) is 13.0 Å². The number of benzene rings is 1. The molecule has 0 unspecified atom stereocenters. The van der Waals surface area contributed by atoms with Crippen LogP contribution in [0.5, 0.6) is 0 Å². The molecule has 1 aromatic carbocycles. The lowest BCUT2D eigenvalue weighted by Gasteiger charge is -2.27. The molecule has 1 heterocycles. The number of likely N-dealkylation sites (N-methyl/N-ethyl adjacent to an activating group) is 1. The van der Waals surface area contributed by atoms with Crippen LogP contribution in [-0.2, 0) is 13.1 Å². The lowest BCUT2D eigenvalue weighted by atomic mass is 10.1. The van der Waals surface area contributed by atoms with Crippen LogP contribution < -0.4 is 0 Å². The Morgan fingerprint density at radius 2 is 1.87 bits per heavy atom. The van der Waals surface area contributed by atoms with Crippen molar-refractivity contribution < 1.29 is 4.48 Å². The lowest BCUT2D eigenvalue weighted by molar-refractivity contribution is -0.923. The summed E-state index contributed by atoms with van der Waals surface area (Å²) in [6, 6.07) is 8.71. The maximum absolute atomic E-state index is 5.88. The van der Waals surface area contributed by atoms with E-state index in [0.29, 0.717) is 0 Å². The molecule has 0 saturated carbocycles. The highest BCUT2D eigenvalue weighted by atomic mass is 35.5. The fraction of sp³-hybridized carbons (Fsp3) is 0.385. The molecule has 15 heavy (non-hydrogen) atoms. The zero-order chi connectivity index (χ0) is 10.9. The molecule has 0 spiro atoms. The molecular weight excluding hydrogens is 206 g/mol. The SMILES string of the molecule is C/C(Cl)=C\C[N+]1(C)Cc2ccccc2C1. The van der Waals surface area contributed by atoms with Crippen molar-refractivity contribution in [1.82, 2.24) is 0 Å². The van der Waals surface area contributed by atoms with E-state index >= 15 is 0 Å². The molecule has 0 fully saturated rings. The molecule has 0 aromatic heterocycles. The van der Waals surface area contributed by atoms with Crippen LogP contribution in [0.2, 0.25) is 0 Å². The molecule has 0 radical (unpaired) electrons. The maximum atomic E-state index is 5.88. The predicted octanol–water partition coefficient (Wildman–Crippen LogP) is 3.29. The first-order valence-electron chi connectivity index (χ1n) is 5.32. The van der Waals surface area contributed by atoms with E-state index in [2.05, 4.69) is 37.4 Å². The normalized spacial score (nSPS) is 19.0. The Kier molecular flexibility index (Phi) is 2.85. The molecule has 0 atom stereocenters. The van der Waals surface area contributed by atoms with Crippen molar-refractivity contribution in [3.05, 3.63) is 46.5 Å². The summed E-state index contributed by atoms with van der Waals surface area (Å²) in [6.45, 7) is 5.20. The minimum Gasteiger partial charge on any atom is -0.315 e. The molecule has 1 aliphatic rings. The van der Waals surface area contributed by atoms with Gasteiger partial charge in [0, 0.05) is 16.2 Å². The molecule has 1 aromatic rings. The quantitative estimate of drug-likeness (QED) is 0.674. The number of fused-ring (bicyclic) bond motifs is 1. The number of nitrogens with zero attached hydrogens (tertiary/aromatic N) is 1. The number of rotatable bonds is 2. The first-order valence-corrected chi connectivity index (χ1v) is 5.69. The highest BCUT2D eigenvalue weighted by molar-refractivity contribution is 6.29. The summed E-state index contributed by atoms with van der Waals surface area (Å²) in [5.41, 5.74) is 2.97. The van der Waals surface area contributed by atoms with Crippen LogP contribution in [0.15, 0.2) is 35.4 Å². The highest BCUT2D eigenvalue weighted by Gasteiger charge is 2.30. The zero-order valence-corrected chi connectivity index (χ0v) is 10.1. The van der Waals surface area contributed by atoms with Gasteiger partial charge in [0.25, 0.3) is 0 Å². The number of hydrogen-bond donors (Lipinski definition) is 0. The van der Waals surface area contributed by atoms with Crippen LogP contribution in [0.4, 0.5) is 0 Å². The average molecular weight is 223 g/mol. The average Bonchev–Trinajstić information content (AvgIpc) is 2.52. The van der Waals surface area contributed by atoms with Gasteiger partial charge >= 0.3 is 0 Å². The van der Waals surface area contributed by atoms with E-state index in [-0.39, 0.29) is 0 Å². The number of hydrogen-bond acceptors (Lipinski definition) is 0. The monoisotopic (exact) mass is 222 g/mol. The van der Waals surface area contributed by atoms with Gasteiger partial charge in [-0.1, -0.05) is 35.9 Å². The summed E-state index contributed by atoms with van der Waals surface area (Å²) in [7, 11) is 2.29. The minimum atomic E-state index is 0.894. The third-order valence-electron chi connectivity index (χ3n) is 3.04. The van der Waals surface area contributed by atoms with Crippen molar-refractivity contribution in [1.29, 1.82) is 0 Å². The van der Waals surface area contributed by atoms with E-state index < -0.39 is 0 Å². The van der Waals surface area contributed by atoms with Gasteiger partial charge < -0.3 is 4.48 Å². The second-order valence-corrected chi connectivity index (χ2v) is 5.27. The Morgan fingerprint density at radius 3 is 2.33 bits per heavy atom. The van der Waals surface area contributed by atoms with Crippen LogP contribution in [0, 0.1) is 0 Å². The summed E-state index contributed by atoms with van der Waals surface area (Å²) in [5.74, 6) is 0. The van der Waals surface area contributed by atoms with Crippen molar-refractivity contribution in [2.24, 2.45) is 0 Å². The topological polar surface area (TPSA) is 0 Å². The van der Waals surface area contributed by atoms with Crippen LogP contribution in [0.3, 0.4) is 0 Å². The number of halogens is 1. The molecule has 1 aliphatic heterocycles. The lowest BCUT2D eigenvalue weighted by Crippen LogP contribution is -2.38. The smallest absolute Gasteiger partial charge is 0.105 e. The second-order valence-electron chi connectivity index (χ2n) is 4.68. The van der Waals surface area contributed by atoms with E-state index in [9.17, 15) is 0 Å².